The van der Waals surface area contributed by atoms with Crippen molar-refractivity contribution in [3.63, 3.8) is 0 Å². The molecule has 0 radical (unpaired) electrons. The summed E-state index contributed by atoms with van der Waals surface area (Å²) in [4.78, 5) is 0. The van der Waals surface area contributed by atoms with Crippen LogP contribution in [0.3, 0.4) is 0 Å². The van der Waals surface area contributed by atoms with Gasteiger partial charge in [0.2, 0.25) is 0 Å². The van der Waals surface area contributed by atoms with Crippen LogP contribution in [0.15, 0.2) is 30.8 Å². The third kappa shape index (κ3) is 4.95. The Morgan fingerprint density at radius 1 is 1.06 bits per heavy atom. The third-order valence-electron chi connectivity index (χ3n) is 3.32. The van der Waals surface area contributed by atoms with Gasteiger partial charge in [0.15, 0.2) is 0 Å². The van der Waals surface area contributed by atoms with Crippen molar-refractivity contribution >= 4 is 5.57 Å². The topological polar surface area (TPSA) is 9.23 Å². The van der Waals surface area contributed by atoms with Crippen LogP contribution in [0.25, 0.3) is 5.57 Å². The number of hydrogen-bond donors (Lipinski definition) is 0. The van der Waals surface area contributed by atoms with E-state index in [4.69, 9.17) is 4.74 Å². The molecule has 0 aliphatic heterocycles. The summed E-state index contributed by atoms with van der Waals surface area (Å²) in [5, 5.41) is 0. The average Bonchev–Trinajstić information content (AvgIpc) is 2.42. The van der Waals surface area contributed by atoms with Crippen molar-refractivity contribution in [1.29, 1.82) is 0 Å². The maximum Gasteiger partial charge on any atom is 0.126 e. The number of allylic oxidation sites excluding steroid dienone is 1. The molecule has 0 aliphatic carbocycles. The summed E-state index contributed by atoms with van der Waals surface area (Å²) in [5.41, 5.74) is 2.36. The van der Waals surface area contributed by atoms with Gasteiger partial charge in [-0.05, 0) is 24.5 Å². The lowest BCUT2D eigenvalue weighted by molar-refractivity contribution is 0.413. The van der Waals surface area contributed by atoms with E-state index in [9.17, 15) is 0 Å². The van der Waals surface area contributed by atoms with Crippen molar-refractivity contribution in [3.05, 3.63) is 36.4 Å². The van der Waals surface area contributed by atoms with Gasteiger partial charge in [-0.1, -0.05) is 63.8 Å². The van der Waals surface area contributed by atoms with Gasteiger partial charge in [0.25, 0.3) is 0 Å². The van der Waals surface area contributed by atoms with Crippen molar-refractivity contribution in [2.24, 2.45) is 0 Å². The fourth-order valence-corrected chi connectivity index (χ4v) is 2.19. The number of unbranched alkanes of at least 4 members (excludes halogenated alkanes) is 5. The van der Waals surface area contributed by atoms with Crippen LogP contribution >= 0.6 is 0 Å². The van der Waals surface area contributed by atoms with E-state index in [1.54, 1.807) is 7.11 Å². The van der Waals surface area contributed by atoms with Crippen molar-refractivity contribution in [1.82, 2.24) is 0 Å². The first-order chi connectivity index (χ1) is 8.79. The van der Waals surface area contributed by atoms with Crippen molar-refractivity contribution in [3.8, 4) is 5.75 Å². The van der Waals surface area contributed by atoms with Gasteiger partial charge in [-0.25, -0.2) is 0 Å². The maximum atomic E-state index is 5.37. The minimum absolute atomic E-state index is 0.938. The second kappa shape index (κ2) is 8.79. The molecular weight excluding hydrogens is 220 g/mol. The normalized spacial score (nSPS) is 10.3. The van der Waals surface area contributed by atoms with Gasteiger partial charge in [-0.15, -0.1) is 0 Å². The minimum atomic E-state index is 0.938. The molecule has 100 valence electrons. The van der Waals surface area contributed by atoms with E-state index in [2.05, 4.69) is 19.6 Å². The molecule has 0 spiro atoms. The van der Waals surface area contributed by atoms with Crippen LogP contribution in [-0.2, 0) is 0 Å². The summed E-state index contributed by atoms with van der Waals surface area (Å²) < 4.78 is 5.37. The number of hydrogen-bond acceptors (Lipinski definition) is 1. The Morgan fingerprint density at radius 2 is 1.72 bits per heavy atom. The first kappa shape index (κ1) is 14.8. The lowest BCUT2D eigenvalue weighted by atomic mass is 9.99. The van der Waals surface area contributed by atoms with Gasteiger partial charge in [-0.2, -0.15) is 0 Å². The largest absolute Gasteiger partial charge is 0.496 e. The zero-order chi connectivity index (χ0) is 13.2. The summed E-state index contributed by atoms with van der Waals surface area (Å²) in [5.74, 6) is 0.938. The Bertz CT molecular complexity index is 354. The molecule has 1 nitrogen and oxygen atoms in total. The summed E-state index contributed by atoms with van der Waals surface area (Å²) in [6.45, 7) is 6.44. The van der Waals surface area contributed by atoms with Crippen LogP contribution in [0.4, 0.5) is 0 Å². The van der Waals surface area contributed by atoms with E-state index in [0.29, 0.717) is 0 Å². The highest BCUT2D eigenvalue weighted by molar-refractivity contribution is 5.68. The highest BCUT2D eigenvalue weighted by Crippen LogP contribution is 2.28. The zero-order valence-corrected chi connectivity index (χ0v) is 11.9. The molecule has 1 aromatic carbocycles. The second-order valence-electron chi connectivity index (χ2n) is 4.82. The molecule has 0 heterocycles. The molecule has 0 atom stereocenters. The van der Waals surface area contributed by atoms with E-state index in [-0.39, 0.29) is 0 Å². The number of ether oxygens (including phenoxy) is 1. The first-order valence-corrected chi connectivity index (χ1v) is 7.10. The number of para-hydroxylation sites is 1. The van der Waals surface area contributed by atoms with Crippen LogP contribution in [0.2, 0.25) is 0 Å². The van der Waals surface area contributed by atoms with Gasteiger partial charge in [0.1, 0.15) is 5.75 Å². The van der Waals surface area contributed by atoms with E-state index in [0.717, 1.165) is 17.7 Å². The molecule has 0 aliphatic rings. The zero-order valence-electron chi connectivity index (χ0n) is 11.9. The number of methoxy groups -OCH3 is 1. The van der Waals surface area contributed by atoms with Crippen molar-refractivity contribution in [2.45, 2.75) is 51.9 Å². The van der Waals surface area contributed by atoms with Crippen LogP contribution in [0, 0.1) is 0 Å². The molecule has 0 saturated heterocycles. The summed E-state index contributed by atoms with van der Waals surface area (Å²) in [6, 6.07) is 8.14. The molecule has 0 amide bonds. The smallest absolute Gasteiger partial charge is 0.126 e. The molecule has 0 saturated carbocycles. The van der Waals surface area contributed by atoms with E-state index < -0.39 is 0 Å². The van der Waals surface area contributed by atoms with Crippen LogP contribution in [0.1, 0.15) is 57.4 Å². The highest BCUT2D eigenvalue weighted by atomic mass is 16.5. The highest BCUT2D eigenvalue weighted by Gasteiger charge is 2.05. The van der Waals surface area contributed by atoms with Gasteiger partial charge >= 0.3 is 0 Å². The Labute approximate surface area is 112 Å². The monoisotopic (exact) mass is 246 g/mol. The molecule has 1 rings (SSSR count). The number of rotatable bonds is 9. The Balaban J connectivity index is 2.32. The molecule has 0 unspecified atom stereocenters. The minimum Gasteiger partial charge on any atom is -0.496 e. The molecule has 0 bridgehead atoms. The standard InChI is InChI=1S/C17H26O/c1-4-5-6-7-8-9-12-15(2)16-13-10-11-14-17(16)18-3/h10-11,13-14H,2,4-9,12H2,1,3H3. The fourth-order valence-electron chi connectivity index (χ4n) is 2.19. The lowest BCUT2D eigenvalue weighted by Gasteiger charge is -2.10. The predicted octanol–water partition coefficient (Wildman–Crippen LogP) is 5.46. The van der Waals surface area contributed by atoms with Crippen LogP contribution in [0.5, 0.6) is 5.75 Å². The molecule has 0 aromatic heterocycles. The van der Waals surface area contributed by atoms with Gasteiger partial charge in [0, 0.05) is 5.56 Å². The Kier molecular flexibility index (Phi) is 7.24. The summed E-state index contributed by atoms with van der Waals surface area (Å²) in [6.07, 6.45) is 9.04. The van der Waals surface area contributed by atoms with Gasteiger partial charge in [0.05, 0.1) is 7.11 Å². The third-order valence-corrected chi connectivity index (χ3v) is 3.32. The fraction of sp³-hybridized carbons (Fsp3) is 0.529. The second-order valence-corrected chi connectivity index (χ2v) is 4.82. The van der Waals surface area contributed by atoms with Gasteiger partial charge in [-0.3, -0.25) is 0 Å². The molecule has 0 N–H and O–H groups in total. The number of benzene rings is 1. The SMILES string of the molecule is C=C(CCCCCCCC)c1ccccc1OC. The van der Waals surface area contributed by atoms with E-state index in [1.807, 2.05) is 18.2 Å². The van der Waals surface area contributed by atoms with Crippen molar-refractivity contribution in [2.75, 3.05) is 7.11 Å². The quantitative estimate of drug-likeness (QED) is 0.526. The van der Waals surface area contributed by atoms with Crippen LogP contribution in [-0.4, -0.2) is 7.11 Å². The van der Waals surface area contributed by atoms with E-state index in [1.165, 1.54) is 44.1 Å². The lowest BCUT2D eigenvalue weighted by Crippen LogP contribution is -1.91. The Morgan fingerprint density at radius 3 is 2.44 bits per heavy atom. The van der Waals surface area contributed by atoms with Crippen LogP contribution < -0.4 is 4.74 Å². The maximum absolute atomic E-state index is 5.37. The van der Waals surface area contributed by atoms with Crippen molar-refractivity contribution < 1.29 is 4.74 Å². The molecular formula is C17H26O. The molecule has 1 heteroatoms. The van der Waals surface area contributed by atoms with Gasteiger partial charge < -0.3 is 4.74 Å². The Hall–Kier alpha value is -1.24. The average molecular weight is 246 g/mol. The molecule has 1 aromatic rings. The van der Waals surface area contributed by atoms with E-state index >= 15 is 0 Å². The molecule has 0 fully saturated rings. The molecule has 18 heavy (non-hydrogen) atoms. The summed E-state index contributed by atoms with van der Waals surface area (Å²) >= 11 is 0. The predicted molar refractivity (Wildman–Crippen MR) is 80.0 cm³/mol. The summed E-state index contributed by atoms with van der Waals surface area (Å²) in [7, 11) is 1.72. The first-order valence-electron chi connectivity index (χ1n) is 7.10.